The molecule has 7 nitrogen and oxygen atoms in total. The molecule has 1 aromatic carbocycles. The molecule has 2 atom stereocenters. The van der Waals surface area contributed by atoms with E-state index in [0.29, 0.717) is 35.1 Å². The Morgan fingerprint density at radius 3 is 2.92 bits per heavy atom. The SMILES string of the molecule is CNC(=O)c1ccc2n1CCN(C(O)c1nc3c(Cl)cccc3[nH]1)C2C. The van der Waals surface area contributed by atoms with E-state index >= 15 is 0 Å². The zero-order chi connectivity index (χ0) is 18.4. The van der Waals surface area contributed by atoms with Crippen molar-refractivity contribution in [3.05, 3.63) is 52.6 Å². The molecular formula is C18H20ClN5O2. The average Bonchev–Trinajstić information content (AvgIpc) is 3.26. The van der Waals surface area contributed by atoms with E-state index in [1.807, 2.05) is 40.7 Å². The zero-order valence-corrected chi connectivity index (χ0v) is 15.3. The second-order valence-corrected chi connectivity index (χ2v) is 6.83. The van der Waals surface area contributed by atoms with Gasteiger partial charge in [0.15, 0.2) is 12.1 Å². The van der Waals surface area contributed by atoms with Gasteiger partial charge in [-0.3, -0.25) is 9.69 Å². The quantitative estimate of drug-likeness (QED) is 0.658. The maximum atomic E-state index is 12.0. The van der Waals surface area contributed by atoms with E-state index in [-0.39, 0.29) is 11.9 Å². The van der Waals surface area contributed by atoms with Crippen molar-refractivity contribution in [2.24, 2.45) is 0 Å². The molecule has 1 amide bonds. The van der Waals surface area contributed by atoms with Crippen molar-refractivity contribution in [1.82, 2.24) is 24.8 Å². The van der Waals surface area contributed by atoms with Crippen LogP contribution in [-0.4, -0.2) is 44.0 Å². The molecule has 0 saturated carbocycles. The monoisotopic (exact) mass is 373 g/mol. The number of rotatable bonds is 3. The molecule has 0 spiro atoms. The fourth-order valence-corrected chi connectivity index (χ4v) is 3.85. The summed E-state index contributed by atoms with van der Waals surface area (Å²) in [5, 5.41) is 14.1. The van der Waals surface area contributed by atoms with Crippen molar-refractivity contribution in [1.29, 1.82) is 0 Å². The summed E-state index contributed by atoms with van der Waals surface area (Å²) in [5.74, 6) is 0.357. The molecule has 4 rings (SSSR count). The Balaban J connectivity index is 1.65. The van der Waals surface area contributed by atoms with E-state index in [0.717, 1.165) is 11.2 Å². The number of nitrogens with one attached hydrogen (secondary N) is 2. The number of aliphatic hydroxyl groups is 1. The highest BCUT2D eigenvalue weighted by Crippen LogP contribution is 2.33. The average molecular weight is 374 g/mol. The van der Waals surface area contributed by atoms with E-state index in [1.54, 1.807) is 13.1 Å². The minimum Gasteiger partial charge on any atom is -0.371 e. The second kappa shape index (κ2) is 6.42. The predicted molar refractivity (Wildman–Crippen MR) is 99.0 cm³/mol. The Kier molecular flexibility index (Phi) is 4.22. The molecule has 3 N–H and O–H groups in total. The van der Waals surface area contributed by atoms with E-state index in [2.05, 4.69) is 15.3 Å². The third-order valence-electron chi connectivity index (χ3n) is 5.02. The van der Waals surface area contributed by atoms with Gasteiger partial charge in [0.2, 0.25) is 0 Å². The predicted octanol–water partition coefficient (Wildman–Crippen LogP) is 2.45. The topological polar surface area (TPSA) is 86.2 Å². The van der Waals surface area contributed by atoms with Crippen LogP contribution in [0, 0.1) is 0 Å². The van der Waals surface area contributed by atoms with Gasteiger partial charge >= 0.3 is 0 Å². The number of carbonyl (C=O) groups is 1. The van der Waals surface area contributed by atoms with E-state index < -0.39 is 6.23 Å². The number of amides is 1. The molecule has 0 radical (unpaired) electrons. The second-order valence-electron chi connectivity index (χ2n) is 6.42. The highest BCUT2D eigenvalue weighted by molar-refractivity contribution is 6.34. The smallest absolute Gasteiger partial charge is 0.267 e. The number of benzene rings is 1. The van der Waals surface area contributed by atoms with Crippen molar-refractivity contribution in [3.63, 3.8) is 0 Å². The molecule has 8 heteroatoms. The molecule has 3 heterocycles. The number of aromatic nitrogens is 3. The van der Waals surface area contributed by atoms with E-state index in [9.17, 15) is 9.90 Å². The van der Waals surface area contributed by atoms with Crippen LogP contribution < -0.4 is 5.32 Å². The third-order valence-corrected chi connectivity index (χ3v) is 5.33. The van der Waals surface area contributed by atoms with Gasteiger partial charge in [0, 0.05) is 25.8 Å². The molecule has 0 fully saturated rings. The lowest BCUT2D eigenvalue weighted by molar-refractivity contribution is -0.0419. The Labute approximate surface area is 155 Å². The first-order valence-electron chi connectivity index (χ1n) is 8.50. The van der Waals surface area contributed by atoms with Crippen molar-refractivity contribution in [3.8, 4) is 0 Å². The molecule has 1 aliphatic heterocycles. The van der Waals surface area contributed by atoms with Gasteiger partial charge in [0.1, 0.15) is 11.2 Å². The lowest BCUT2D eigenvalue weighted by Gasteiger charge is -2.37. The van der Waals surface area contributed by atoms with E-state index in [1.165, 1.54) is 0 Å². The van der Waals surface area contributed by atoms with Crippen molar-refractivity contribution < 1.29 is 9.90 Å². The minimum absolute atomic E-state index is 0.0687. The number of hydrogen-bond donors (Lipinski definition) is 3. The lowest BCUT2D eigenvalue weighted by Crippen LogP contribution is -2.40. The molecule has 0 bridgehead atoms. The fraction of sp³-hybridized carbons (Fsp3) is 0.333. The Morgan fingerprint density at radius 1 is 1.38 bits per heavy atom. The maximum Gasteiger partial charge on any atom is 0.267 e. The van der Waals surface area contributed by atoms with Gasteiger partial charge in [-0.15, -0.1) is 0 Å². The first kappa shape index (κ1) is 17.1. The minimum atomic E-state index is -0.888. The van der Waals surface area contributed by atoms with Crippen LogP contribution in [0.3, 0.4) is 0 Å². The summed E-state index contributed by atoms with van der Waals surface area (Å²) in [7, 11) is 1.62. The fourth-order valence-electron chi connectivity index (χ4n) is 3.63. The number of fused-ring (bicyclic) bond motifs is 2. The lowest BCUT2D eigenvalue weighted by atomic mass is 10.1. The Bertz CT molecular complexity index is 979. The van der Waals surface area contributed by atoms with E-state index in [4.69, 9.17) is 11.6 Å². The first-order valence-corrected chi connectivity index (χ1v) is 8.88. The van der Waals surface area contributed by atoms with Crippen LogP contribution in [0.2, 0.25) is 5.02 Å². The van der Waals surface area contributed by atoms with Crippen LogP contribution >= 0.6 is 11.6 Å². The normalized spacial score (nSPS) is 18.7. The summed E-state index contributed by atoms with van der Waals surface area (Å²) >= 11 is 6.18. The molecule has 136 valence electrons. The van der Waals surface area contributed by atoms with Crippen molar-refractivity contribution in [2.75, 3.05) is 13.6 Å². The highest BCUT2D eigenvalue weighted by atomic mass is 35.5. The van der Waals surface area contributed by atoms with Crippen LogP contribution in [0.4, 0.5) is 0 Å². The van der Waals surface area contributed by atoms with Gasteiger partial charge in [-0.25, -0.2) is 4.98 Å². The molecule has 1 aliphatic rings. The van der Waals surface area contributed by atoms with Gasteiger partial charge < -0.3 is 20.0 Å². The van der Waals surface area contributed by atoms with Crippen LogP contribution in [0.15, 0.2) is 30.3 Å². The Morgan fingerprint density at radius 2 is 2.19 bits per heavy atom. The number of para-hydroxylation sites is 1. The summed E-state index contributed by atoms with van der Waals surface area (Å²) in [6.07, 6.45) is -0.888. The first-order chi connectivity index (χ1) is 12.5. The van der Waals surface area contributed by atoms with Crippen LogP contribution in [0.25, 0.3) is 11.0 Å². The number of hydrogen-bond acceptors (Lipinski definition) is 4. The number of imidazole rings is 1. The number of carbonyl (C=O) groups excluding carboxylic acids is 1. The van der Waals surface area contributed by atoms with Gasteiger partial charge in [0.25, 0.3) is 5.91 Å². The van der Waals surface area contributed by atoms with Crippen LogP contribution in [0.1, 0.15) is 41.2 Å². The van der Waals surface area contributed by atoms with Gasteiger partial charge in [-0.2, -0.15) is 0 Å². The van der Waals surface area contributed by atoms with Gasteiger partial charge in [-0.1, -0.05) is 17.7 Å². The summed E-state index contributed by atoms with van der Waals surface area (Å²) in [6, 6.07) is 9.18. The van der Waals surface area contributed by atoms with Crippen LogP contribution in [0.5, 0.6) is 0 Å². The number of aromatic amines is 1. The standard InChI is InChI=1S/C18H20ClN5O2/c1-10-13-6-7-14(17(25)20-2)24(13)9-8-23(10)18(26)16-21-12-5-3-4-11(19)15(12)22-16/h3-7,10,18,26H,8-9H2,1-2H3,(H,20,25)(H,21,22). The number of H-pyrrole nitrogens is 1. The van der Waals surface area contributed by atoms with Gasteiger partial charge in [-0.05, 0) is 31.2 Å². The van der Waals surface area contributed by atoms with Gasteiger partial charge in [0.05, 0.1) is 16.6 Å². The summed E-state index contributed by atoms with van der Waals surface area (Å²) in [4.78, 5) is 21.6. The maximum absolute atomic E-state index is 12.0. The largest absolute Gasteiger partial charge is 0.371 e. The highest BCUT2D eigenvalue weighted by Gasteiger charge is 2.32. The molecule has 0 aliphatic carbocycles. The Hall–Kier alpha value is -2.35. The molecule has 2 aromatic heterocycles. The number of halogens is 1. The zero-order valence-electron chi connectivity index (χ0n) is 14.5. The number of nitrogens with zero attached hydrogens (tertiary/aromatic N) is 3. The summed E-state index contributed by atoms with van der Waals surface area (Å²) < 4.78 is 2.00. The van der Waals surface area contributed by atoms with Crippen molar-refractivity contribution in [2.45, 2.75) is 25.7 Å². The molecule has 0 saturated heterocycles. The summed E-state index contributed by atoms with van der Waals surface area (Å²) in [6.45, 7) is 3.23. The van der Waals surface area contributed by atoms with Crippen LogP contribution in [-0.2, 0) is 6.54 Å². The molecule has 3 aromatic rings. The third kappa shape index (κ3) is 2.59. The molecule has 26 heavy (non-hydrogen) atoms. The van der Waals surface area contributed by atoms with Crippen molar-refractivity contribution >= 4 is 28.5 Å². The molecular weight excluding hydrogens is 354 g/mol. The number of aliphatic hydroxyl groups excluding tert-OH is 1. The summed E-state index contributed by atoms with van der Waals surface area (Å²) in [5.41, 5.74) is 3.07. The molecule has 2 unspecified atom stereocenters.